The molecular formula is C14H23N3O6S2. The second-order valence-electron chi connectivity index (χ2n) is 5.79. The largest absolute Gasteiger partial charge is 0.394 e. The Hall–Kier alpha value is -0.820. The predicted molar refractivity (Wildman–Crippen MR) is 96.6 cm³/mol. The smallest absolute Gasteiger partial charge is 0.351 e. The average molecular weight is 393 g/mol. The summed E-state index contributed by atoms with van der Waals surface area (Å²) >= 11 is 5.25. The van der Waals surface area contributed by atoms with E-state index in [9.17, 15) is 20.1 Å². The first-order valence-electron chi connectivity index (χ1n) is 7.74. The lowest BCUT2D eigenvalue weighted by atomic mass is 10.2. The van der Waals surface area contributed by atoms with E-state index in [1.165, 1.54) is 22.5 Å². The molecule has 5 atom stereocenters. The SMILES string of the molecule is Nc1nc(=O)n([C@H]2C[C@@H](O)[C@@H](CO)O2)cc1CSCC(O)C(O)CS. The van der Waals surface area contributed by atoms with Gasteiger partial charge in [0.05, 0.1) is 24.9 Å². The highest BCUT2D eigenvalue weighted by Gasteiger charge is 2.35. The predicted octanol–water partition coefficient (Wildman–Crippen LogP) is -1.65. The lowest BCUT2D eigenvalue weighted by Gasteiger charge is -2.17. The van der Waals surface area contributed by atoms with Gasteiger partial charge in [-0.05, 0) is 0 Å². The Morgan fingerprint density at radius 3 is 2.80 bits per heavy atom. The van der Waals surface area contributed by atoms with Gasteiger partial charge in [-0.2, -0.15) is 29.4 Å². The minimum Gasteiger partial charge on any atom is -0.394 e. The Bertz CT molecular complexity index is 631. The fraction of sp³-hybridized carbons (Fsp3) is 0.714. The maximum absolute atomic E-state index is 12.1. The van der Waals surface area contributed by atoms with Gasteiger partial charge < -0.3 is 30.9 Å². The monoisotopic (exact) mass is 393 g/mol. The van der Waals surface area contributed by atoms with E-state index in [1.54, 1.807) is 0 Å². The summed E-state index contributed by atoms with van der Waals surface area (Å²) in [6, 6.07) is 0. The van der Waals surface area contributed by atoms with Crippen LogP contribution < -0.4 is 11.4 Å². The standard InChI is InChI=1S/C14H23N3O6S2/c15-13-7(5-25-6-10(21)9(20)4-24)2-17(14(22)16-13)12-1-8(19)11(3-18)23-12/h2,8-12,18-21,24H,1,3-6H2,(H2,15,16,22)/t8-,9?,10?,11-,12-/m1/s1. The third kappa shape index (κ3) is 5.09. The number of hydrogen-bond donors (Lipinski definition) is 6. The quantitative estimate of drug-likeness (QED) is 0.285. The van der Waals surface area contributed by atoms with Crippen molar-refractivity contribution in [3.05, 3.63) is 22.2 Å². The summed E-state index contributed by atoms with van der Waals surface area (Å²) in [6.07, 6.45) is -2.49. The molecule has 1 aliphatic rings. The van der Waals surface area contributed by atoms with E-state index in [-0.39, 0.29) is 30.4 Å². The summed E-state index contributed by atoms with van der Waals surface area (Å²) in [4.78, 5) is 15.8. The number of nitrogen functional groups attached to an aromatic ring is 1. The zero-order valence-corrected chi connectivity index (χ0v) is 15.1. The fourth-order valence-corrected chi connectivity index (χ4v) is 3.68. The molecule has 0 spiro atoms. The van der Waals surface area contributed by atoms with Gasteiger partial charge in [-0.15, -0.1) is 0 Å². The molecule has 0 aliphatic carbocycles. The highest BCUT2D eigenvalue weighted by Crippen LogP contribution is 2.28. The van der Waals surface area contributed by atoms with Gasteiger partial charge in [0.2, 0.25) is 0 Å². The zero-order chi connectivity index (χ0) is 18.6. The molecule has 0 saturated carbocycles. The number of thioether (sulfide) groups is 1. The molecule has 2 rings (SSSR count). The topological polar surface area (TPSA) is 151 Å². The van der Waals surface area contributed by atoms with E-state index in [0.717, 1.165) is 0 Å². The highest BCUT2D eigenvalue weighted by atomic mass is 32.2. The molecule has 0 amide bonds. The summed E-state index contributed by atoms with van der Waals surface area (Å²) in [5.41, 5.74) is 5.75. The van der Waals surface area contributed by atoms with Crippen LogP contribution in [0.1, 0.15) is 18.2 Å². The zero-order valence-electron chi connectivity index (χ0n) is 13.4. The molecule has 6 N–H and O–H groups in total. The van der Waals surface area contributed by atoms with Crippen LogP contribution in [0.25, 0.3) is 0 Å². The molecule has 9 nitrogen and oxygen atoms in total. The van der Waals surface area contributed by atoms with Gasteiger partial charge in [0, 0.05) is 35.4 Å². The van der Waals surface area contributed by atoms with Crippen molar-refractivity contribution in [1.29, 1.82) is 0 Å². The first kappa shape index (κ1) is 20.5. The van der Waals surface area contributed by atoms with Gasteiger partial charge >= 0.3 is 5.69 Å². The Labute approximate surface area is 154 Å². The first-order chi connectivity index (χ1) is 11.9. The van der Waals surface area contributed by atoms with Crippen LogP contribution in [0, 0.1) is 0 Å². The summed E-state index contributed by atoms with van der Waals surface area (Å²) in [6.45, 7) is -0.344. The maximum atomic E-state index is 12.1. The van der Waals surface area contributed by atoms with Crippen LogP contribution in [0.15, 0.2) is 11.0 Å². The molecule has 142 valence electrons. The van der Waals surface area contributed by atoms with Crippen LogP contribution >= 0.6 is 24.4 Å². The van der Waals surface area contributed by atoms with Crippen molar-refractivity contribution in [2.45, 2.75) is 42.8 Å². The molecule has 2 heterocycles. The molecule has 0 bridgehead atoms. The third-order valence-electron chi connectivity index (χ3n) is 3.93. The number of hydrogen-bond acceptors (Lipinski definition) is 10. The van der Waals surface area contributed by atoms with Crippen LogP contribution in [0.2, 0.25) is 0 Å². The van der Waals surface area contributed by atoms with E-state index in [4.69, 9.17) is 15.6 Å². The molecule has 1 aliphatic heterocycles. The number of ether oxygens (including phenoxy) is 1. The van der Waals surface area contributed by atoms with Crippen LogP contribution in [0.3, 0.4) is 0 Å². The van der Waals surface area contributed by atoms with Gasteiger partial charge in [0.15, 0.2) is 0 Å². The number of nitrogens with zero attached hydrogens (tertiary/aromatic N) is 2. The summed E-state index contributed by atoms with van der Waals surface area (Å²) in [5, 5.41) is 38.2. The Kier molecular flexibility index (Phi) is 7.55. The Balaban J connectivity index is 2.06. The van der Waals surface area contributed by atoms with Crippen molar-refractivity contribution in [2.24, 2.45) is 0 Å². The van der Waals surface area contributed by atoms with Crippen LogP contribution in [-0.2, 0) is 10.5 Å². The van der Waals surface area contributed by atoms with Crippen molar-refractivity contribution in [2.75, 3.05) is 23.8 Å². The minimum atomic E-state index is -0.916. The summed E-state index contributed by atoms with van der Waals surface area (Å²) in [7, 11) is 0. The average Bonchev–Trinajstić information content (AvgIpc) is 2.96. The number of aromatic nitrogens is 2. The van der Waals surface area contributed by atoms with Gasteiger partial charge in [0.25, 0.3) is 0 Å². The van der Waals surface area contributed by atoms with E-state index in [2.05, 4.69) is 17.6 Å². The lowest BCUT2D eigenvalue weighted by Crippen LogP contribution is -2.30. The van der Waals surface area contributed by atoms with Crippen molar-refractivity contribution in [3.8, 4) is 0 Å². The molecule has 1 aromatic rings. The maximum Gasteiger partial charge on any atom is 0.351 e. The van der Waals surface area contributed by atoms with Crippen molar-refractivity contribution in [1.82, 2.24) is 9.55 Å². The third-order valence-corrected chi connectivity index (χ3v) is 5.40. The molecule has 1 saturated heterocycles. The Morgan fingerprint density at radius 2 is 2.20 bits per heavy atom. The molecule has 1 aromatic heterocycles. The van der Waals surface area contributed by atoms with E-state index >= 15 is 0 Å². The van der Waals surface area contributed by atoms with Crippen LogP contribution in [0.5, 0.6) is 0 Å². The summed E-state index contributed by atoms with van der Waals surface area (Å²) < 4.78 is 6.71. The van der Waals surface area contributed by atoms with Gasteiger partial charge in [-0.25, -0.2) is 4.79 Å². The lowest BCUT2D eigenvalue weighted by molar-refractivity contribution is -0.0459. The molecule has 25 heavy (non-hydrogen) atoms. The second kappa shape index (κ2) is 9.21. The van der Waals surface area contributed by atoms with E-state index < -0.39 is 36.3 Å². The molecule has 0 aromatic carbocycles. The van der Waals surface area contributed by atoms with Crippen LogP contribution in [-0.4, -0.2) is 72.5 Å². The second-order valence-corrected chi connectivity index (χ2v) is 7.18. The van der Waals surface area contributed by atoms with Gasteiger partial charge in [0.1, 0.15) is 18.1 Å². The minimum absolute atomic E-state index is 0.0789. The molecule has 2 unspecified atom stereocenters. The number of aliphatic hydroxyl groups excluding tert-OH is 4. The van der Waals surface area contributed by atoms with Crippen molar-refractivity contribution >= 4 is 30.2 Å². The molecule has 0 radical (unpaired) electrons. The van der Waals surface area contributed by atoms with Gasteiger partial charge in [-0.3, -0.25) is 4.57 Å². The van der Waals surface area contributed by atoms with E-state index in [1.807, 2.05) is 0 Å². The van der Waals surface area contributed by atoms with Crippen LogP contribution in [0.4, 0.5) is 5.82 Å². The van der Waals surface area contributed by atoms with E-state index in [0.29, 0.717) is 11.3 Å². The molecule has 1 fully saturated rings. The van der Waals surface area contributed by atoms with Gasteiger partial charge in [-0.1, -0.05) is 0 Å². The number of aliphatic hydroxyl groups is 4. The Morgan fingerprint density at radius 1 is 1.48 bits per heavy atom. The number of nitrogens with two attached hydrogens (primary N) is 1. The highest BCUT2D eigenvalue weighted by molar-refractivity contribution is 7.98. The number of thiol groups is 1. The molecular weight excluding hydrogens is 370 g/mol. The summed E-state index contributed by atoms with van der Waals surface area (Å²) in [5.74, 6) is 0.874. The number of rotatable bonds is 8. The fourth-order valence-electron chi connectivity index (χ4n) is 2.41. The normalized spacial score (nSPS) is 25.9. The van der Waals surface area contributed by atoms with Crippen molar-refractivity contribution in [3.63, 3.8) is 0 Å². The first-order valence-corrected chi connectivity index (χ1v) is 9.52. The molecule has 11 heteroatoms. The van der Waals surface area contributed by atoms with Crippen molar-refractivity contribution < 1.29 is 25.2 Å². The number of anilines is 1.